The maximum Gasteiger partial charge on any atom is 0.339 e. The summed E-state index contributed by atoms with van der Waals surface area (Å²) in [4.78, 5) is 24.2. The van der Waals surface area contributed by atoms with Gasteiger partial charge in [0.05, 0.1) is 26.2 Å². The number of carbonyl (C=O) groups is 1. The molecular weight excluding hydrogens is 671 g/mol. The number of hydrogen-bond acceptors (Lipinski definition) is 9. The van der Waals surface area contributed by atoms with Crippen LogP contribution in [0.5, 0.6) is 5.75 Å². The summed E-state index contributed by atoms with van der Waals surface area (Å²) < 4.78 is 57.0. The van der Waals surface area contributed by atoms with E-state index in [0.29, 0.717) is 10.6 Å². The molecule has 0 aromatic heterocycles. The number of aryl methyl sites for hydroxylation is 1. The van der Waals surface area contributed by atoms with E-state index >= 15 is 0 Å². The molecule has 0 saturated carbocycles. The Bertz CT molecular complexity index is 2060. The lowest BCUT2D eigenvalue weighted by atomic mass is 10.1. The average Bonchev–Trinajstić information content (AvgIpc) is 2.96. The zero-order chi connectivity index (χ0) is 31.8. The van der Waals surface area contributed by atoms with Gasteiger partial charge in [-0.25, -0.2) is 8.42 Å². The van der Waals surface area contributed by atoms with Crippen LogP contribution in [0.3, 0.4) is 0 Å². The molecule has 1 amide bonds. The molecule has 0 unspecified atom stereocenters. The monoisotopic (exact) mass is 690 g/mol. The largest absolute Gasteiger partial charge is 0.372 e. The van der Waals surface area contributed by atoms with Crippen molar-refractivity contribution in [2.75, 3.05) is 5.32 Å². The highest BCUT2D eigenvalue weighted by atomic mass is 35.5. The Morgan fingerprint density at radius 2 is 1.59 bits per heavy atom. The van der Waals surface area contributed by atoms with Crippen molar-refractivity contribution in [2.45, 2.75) is 27.4 Å². The quantitative estimate of drug-likeness (QED) is 0.0889. The lowest BCUT2D eigenvalue weighted by molar-refractivity contribution is -0.385. The van der Waals surface area contributed by atoms with Gasteiger partial charge in [-0.2, -0.15) is 8.42 Å². The Hall–Kier alpha value is -3.88. The van der Waals surface area contributed by atoms with Gasteiger partial charge in [0.2, 0.25) is 5.75 Å². The number of benzene rings is 4. The van der Waals surface area contributed by atoms with E-state index in [1.54, 1.807) is 37.3 Å². The van der Waals surface area contributed by atoms with Gasteiger partial charge >= 0.3 is 15.8 Å². The number of nitro benzene ring substituents is 1. The van der Waals surface area contributed by atoms with E-state index in [4.69, 9.17) is 27.4 Å². The van der Waals surface area contributed by atoms with Gasteiger partial charge in [0.1, 0.15) is 4.90 Å². The minimum absolute atomic E-state index is 0.0258. The molecule has 0 aliphatic carbocycles. The summed E-state index contributed by atoms with van der Waals surface area (Å²) in [5.41, 5.74) is 1.02. The normalized spacial score (nSPS) is 14.2. The number of carbonyl (C=O) groups excluding carboxylic acids is 1. The average molecular weight is 692 g/mol. The highest BCUT2D eigenvalue weighted by molar-refractivity contribution is 8.04. The van der Waals surface area contributed by atoms with Gasteiger partial charge in [-0.3, -0.25) is 14.9 Å². The first-order valence-electron chi connectivity index (χ1n) is 12.5. The molecule has 0 fully saturated rings. The van der Waals surface area contributed by atoms with Gasteiger partial charge in [0.25, 0.3) is 5.91 Å². The fraction of sp³-hybridized carbons (Fsp3) is 0.0690. The molecule has 5 rings (SSSR count). The maximum atomic E-state index is 13.2. The van der Waals surface area contributed by atoms with Crippen LogP contribution in [0.4, 0.5) is 11.4 Å². The van der Waals surface area contributed by atoms with Crippen LogP contribution in [0.25, 0.3) is 6.08 Å². The van der Waals surface area contributed by atoms with Gasteiger partial charge in [-0.1, -0.05) is 64.8 Å². The van der Waals surface area contributed by atoms with Gasteiger partial charge in [0, 0.05) is 26.6 Å². The van der Waals surface area contributed by atoms with Crippen LogP contribution >= 0.6 is 35.0 Å². The number of nitrogens with zero attached hydrogens (tertiary/aromatic N) is 1. The van der Waals surface area contributed by atoms with Crippen molar-refractivity contribution in [3.63, 3.8) is 0 Å². The van der Waals surface area contributed by atoms with E-state index in [2.05, 4.69) is 5.32 Å². The number of amides is 1. The number of fused-ring (bicyclic) bond motifs is 1. The van der Waals surface area contributed by atoms with Crippen molar-refractivity contribution >= 4 is 78.3 Å². The molecule has 1 aliphatic rings. The molecule has 0 atom stereocenters. The Morgan fingerprint density at radius 1 is 0.932 bits per heavy atom. The highest BCUT2D eigenvalue weighted by Gasteiger charge is 2.27. The maximum absolute atomic E-state index is 13.2. The fourth-order valence-electron chi connectivity index (χ4n) is 4.13. The van der Waals surface area contributed by atoms with Crippen LogP contribution in [0.15, 0.2) is 98.5 Å². The first-order chi connectivity index (χ1) is 20.7. The standard InChI is InChI=1S/C29H20Cl2N2O8S3/c1-17-5-8-19(9-6-17)44(39,40)41-26-12-7-18(13-25(26)33(35)36)14-28-29(34)32-24-11-10-20(15-27(24)42-28)43(37,38)16-21-22(30)3-2-4-23(21)31/h2-15H,16H2,1H3,(H,32,34)/b28-14+. The number of halogens is 2. The third kappa shape index (κ3) is 6.76. The van der Waals surface area contributed by atoms with Crippen molar-refractivity contribution in [3.05, 3.63) is 121 Å². The predicted octanol–water partition coefficient (Wildman–Crippen LogP) is 7.04. The number of rotatable bonds is 8. The number of thioether (sulfide) groups is 1. The van der Waals surface area contributed by atoms with Crippen LogP contribution in [-0.4, -0.2) is 27.7 Å². The smallest absolute Gasteiger partial charge is 0.339 e. The number of nitro groups is 1. The first kappa shape index (κ1) is 31.5. The molecule has 44 heavy (non-hydrogen) atoms. The zero-order valence-corrected chi connectivity index (χ0v) is 26.4. The van der Waals surface area contributed by atoms with Crippen LogP contribution in [0.1, 0.15) is 16.7 Å². The third-order valence-corrected chi connectivity index (χ3v) is 11.1. The van der Waals surface area contributed by atoms with E-state index in [1.807, 2.05) is 0 Å². The molecular formula is C29H20Cl2N2O8S3. The summed E-state index contributed by atoms with van der Waals surface area (Å²) in [7, 11) is -8.25. The molecule has 0 bridgehead atoms. The zero-order valence-electron chi connectivity index (χ0n) is 22.5. The summed E-state index contributed by atoms with van der Waals surface area (Å²) in [5.74, 6) is -1.47. The Labute approximate surface area is 266 Å². The van der Waals surface area contributed by atoms with E-state index in [0.717, 1.165) is 29.5 Å². The van der Waals surface area contributed by atoms with Gasteiger partial charge in [-0.15, -0.1) is 0 Å². The molecule has 4 aromatic rings. The molecule has 1 aliphatic heterocycles. The van der Waals surface area contributed by atoms with Crippen molar-refractivity contribution in [1.29, 1.82) is 0 Å². The lowest BCUT2D eigenvalue weighted by Gasteiger charge is -2.19. The van der Waals surface area contributed by atoms with Crippen molar-refractivity contribution in [3.8, 4) is 5.75 Å². The predicted molar refractivity (Wildman–Crippen MR) is 168 cm³/mol. The molecule has 0 spiro atoms. The minimum atomic E-state index is -4.36. The number of anilines is 1. The highest BCUT2D eigenvalue weighted by Crippen LogP contribution is 2.41. The second-order valence-corrected chi connectivity index (χ2v) is 15.0. The topological polar surface area (TPSA) is 150 Å². The molecule has 4 aromatic carbocycles. The van der Waals surface area contributed by atoms with Crippen LogP contribution in [0, 0.1) is 17.0 Å². The Balaban J connectivity index is 1.43. The summed E-state index contributed by atoms with van der Waals surface area (Å²) in [6, 6.07) is 18.3. The number of nitrogens with one attached hydrogen (secondary N) is 1. The van der Waals surface area contributed by atoms with Crippen molar-refractivity contribution in [1.82, 2.24) is 0 Å². The van der Waals surface area contributed by atoms with Crippen LogP contribution in [-0.2, 0) is 30.5 Å². The van der Waals surface area contributed by atoms with E-state index < -0.39 is 48.0 Å². The molecule has 226 valence electrons. The van der Waals surface area contributed by atoms with E-state index in [9.17, 15) is 31.7 Å². The Kier molecular flexibility index (Phi) is 8.78. The number of hydrogen-bond donors (Lipinski definition) is 1. The van der Waals surface area contributed by atoms with Crippen LogP contribution < -0.4 is 9.50 Å². The van der Waals surface area contributed by atoms with Crippen LogP contribution in [0.2, 0.25) is 10.0 Å². The lowest BCUT2D eigenvalue weighted by Crippen LogP contribution is -2.17. The molecule has 1 N–H and O–H groups in total. The summed E-state index contributed by atoms with van der Waals surface area (Å²) in [5, 5.41) is 14.9. The third-order valence-electron chi connectivity index (χ3n) is 6.39. The number of sulfone groups is 1. The first-order valence-corrected chi connectivity index (χ1v) is 17.2. The summed E-state index contributed by atoms with van der Waals surface area (Å²) in [6.45, 7) is 1.78. The summed E-state index contributed by atoms with van der Waals surface area (Å²) in [6.07, 6.45) is 1.36. The Morgan fingerprint density at radius 3 is 2.25 bits per heavy atom. The van der Waals surface area contributed by atoms with Gasteiger partial charge in [0.15, 0.2) is 9.84 Å². The SMILES string of the molecule is Cc1ccc(S(=O)(=O)Oc2ccc(/C=C3/Sc4cc(S(=O)(=O)Cc5c(Cl)cccc5Cl)ccc4NC3=O)cc2[N+](=O)[O-])cc1. The molecule has 0 saturated heterocycles. The summed E-state index contributed by atoms with van der Waals surface area (Å²) >= 11 is 13.3. The molecule has 1 heterocycles. The molecule has 15 heteroatoms. The van der Waals surface area contributed by atoms with Gasteiger partial charge in [-0.05, 0) is 67.1 Å². The molecule has 0 radical (unpaired) electrons. The fourth-order valence-corrected chi connectivity index (χ4v) is 8.26. The molecule has 10 nitrogen and oxygen atoms in total. The minimum Gasteiger partial charge on any atom is -0.372 e. The van der Waals surface area contributed by atoms with Crippen molar-refractivity contribution < 1.29 is 30.7 Å². The van der Waals surface area contributed by atoms with Crippen molar-refractivity contribution in [2.24, 2.45) is 0 Å². The van der Waals surface area contributed by atoms with E-state index in [1.165, 1.54) is 42.5 Å². The van der Waals surface area contributed by atoms with Gasteiger partial charge < -0.3 is 9.50 Å². The second kappa shape index (κ2) is 12.3. The van der Waals surface area contributed by atoms with E-state index in [-0.39, 0.29) is 35.9 Å². The second-order valence-electron chi connectivity index (χ2n) is 9.52.